The van der Waals surface area contributed by atoms with Crippen molar-refractivity contribution in [3.05, 3.63) is 30.1 Å². The van der Waals surface area contributed by atoms with Gasteiger partial charge in [0.1, 0.15) is 0 Å². The molecule has 0 aromatic carbocycles. The van der Waals surface area contributed by atoms with Crippen LogP contribution in [0.2, 0.25) is 0 Å². The third kappa shape index (κ3) is 1.65. The Balaban J connectivity index is 2.89. The summed E-state index contributed by atoms with van der Waals surface area (Å²) >= 11 is 0. The van der Waals surface area contributed by atoms with E-state index >= 15 is 0 Å². The van der Waals surface area contributed by atoms with Crippen LogP contribution in [-0.4, -0.2) is 4.98 Å². The topological polar surface area (TPSA) is 12.9 Å². The smallest absolute Gasteiger partial charge is 0.0286 e. The Bertz CT molecular complexity index is 295. The second-order valence-electron chi connectivity index (χ2n) is 1.63. The predicted molar refractivity (Wildman–Crippen MR) is 39.9 cm³/mol. The second-order valence-corrected chi connectivity index (χ2v) is 1.63. The van der Waals surface area contributed by atoms with Crippen LogP contribution in [0.15, 0.2) is 24.5 Å². The van der Waals surface area contributed by atoms with E-state index in [0.29, 0.717) is 0 Å². The average molecular weight is 127 g/mol. The highest BCUT2D eigenvalue weighted by atomic mass is 14.6. The third-order valence-corrected chi connectivity index (χ3v) is 0.959. The van der Waals surface area contributed by atoms with Crippen LogP contribution in [0.25, 0.3) is 0 Å². The first-order valence-corrected chi connectivity index (χ1v) is 2.80. The van der Waals surface area contributed by atoms with Crippen molar-refractivity contribution in [2.24, 2.45) is 0 Å². The van der Waals surface area contributed by atoms with E-state index in [9.17, 15) is 0 Å². The van der Waals surface area contributed by atoms with Gasteiger partial charge in [0.05, 0.1) is 0 Å². The molecule has 10 heavy (non-hydrogen) atoms. The Labute approximate surface area is 60.1 Å². The van der Waals surface area contributed by atoms with Gasteiger partial charge in [0, 0.05) is 18.0 Å². The lowest BCUT2D eigenvalue weighted by molar-refractivity contribution is 1.32. The van der Waals surface area contributed by atoms with E-state index in [1.165, 1.54) is 0 Å². The molecule has 1 aromatic rings. The molecular formula is C9H5N. The van der Waals surface area contributed by atoms with E-state index < -0.39 is 0 Å². The highest BCUT2D eigenvalue weighted by Gasteiger charge is 1.79. The average Bonchev–Trinajstić information content (AvgIpc) is 2.03. The van der Waals surface area contributed by atoms with Crippen LogP contribution in [0.4, 0.5) is 0 Å². The fourth-order valence-corrected chi connectivity index (χ4v) is 0.544. The van der Waals surface area contributed by atoms with Crippen molar-refractivity contribution in [3.8, 4) is 24.2 Å². The van der Waals surface area contributed by atoms with Gasteiger partial charge in [-0.25, -0.2) is 0 Å². The maximum atomic E-state index is 4.94. The van der Waals surface area contributed by atoms with Crippen molar-refractivity contribution in [2.45, 2.75) is 0 Å². The molecule has 46 valence electrons. The third-order valence-electron chi connectivity index (χ3n) is 0.959. The first-order valence-electron chi connectivity index (χ1n) is 2.80. The summed E-state index contributed by atoms with van der Waals surface area (Å²) < 4.78 is 0. The fraction of sp³-hybridized carbons (Fsp3) is 0. The lowest BCUT2D eigenvalue weighted by atomic mass is 10.3. The van der Waals surface area contributed by atoms with Gasteiger partial charge in [0.15, 0.2) is 0 Å². The van der Waals surface area contributed by atoms with Crippen LogP contribution in [0, 0.1) is 24.2 Å². The van der Waals surface area contributed by atoms with Gasteiger partial charge < -0.3 is 0 Å². The molecule has 1 heterocycles. The summed E-state index contributed by atoms with van der Waals surface area (Å²) in [4.78, 5) is 3.83. The van der Waals surface area contributed by atoms with E-state index in [0.717, 1.165) is 5.56 Å². The molecular weight excluding hydrogens is 122 g/mol. The van der Waals surface area contributed by atoms with Crippen molar-refractivity contribution >= 4 is 0 Å². The molecule has 0 radical (unpaired) electrons. The Hall–Kier alpha value is -1.73. The molecule has 1 nitrogen and oxygen atoms in total. The maximum absolute atomic E-state index is 4.94. The highest BCUT2D eigenvalue weighted by Crippen LogP contribution is 1.90. The fourth-order valence-electron chi connectivity index (χ4n) is 0.544. The summed E-state index contributed by atoms with van der Waals surface area (Å²) in [5.74, 6) is 7.52. The molecule has 0 spiro atoms. The molecule has 1 aromatic heterocycles. The molecule has 0 aliphatic heterocycles. The minimum Gasteiger partial charge on any atom is -0.265 e. The predicted octanol–water partition coefficient (Wildman–Crippen LogP) is 1.07. The van der Waals surface area contributed by atoms with Gasteiger partial charge in [0.2, 0.25) is 0 Å². The zero-order chi connectivity index (χ0) is 7.23. The highest BCUT2D eigenvalue weighted by molar-refractivity contribution is 5.37. The van der Waals surface area contributed by atoms with Gasteiger partial charge in [-0.05, 0) is 24.0 Å². The van der Waals surface area contributed by atoms with Gasteiger partial charge in [-0.15, -0.1) is 6.42 Å². The number of aromatic nitrogens is 1. The Morgan fingerprint density at radius 1 is 1.30 bits per heavy atom. The van der Waals surface area contributed by atoms with Gasteiger partial charge in [0.25, 0.3) is 0 Å². The number of pyridine rings is 1. The molecule has 0 aliphatic rings. The van der Waals surface area contributed by atoms with Crippen LogP contribution in [0.5, 0.6) is 0 Å². The van der Waals surface area contributed by atoms with E-state index in [-0.39, 0.29) is 0 Å². The number of nitrogens with zero attached hydrogens (tertiary/aromatic N) is 1. The molecule has 0 atom stereocenters. The molecule has 0 aliphatic carbocycles. The van der Waals surface area contributed by atoms with Gasteiger partial charge in [-0.1, -0.05) is 5.92 Å². The maximum Gasteiger partial charge on any atom is 0.0286 e. The molecule has 1 rings (SSSR count). The summed E-state index contributed by atoms with van der Waals surface area (Å²) in [6.07, 6.45) is 8.30. The summed E-state index contributed by atoms with van der Waals surface area (Å²) in [6.45, 7) is 0. The molecule has 0 saturated carbocycles. The summed E-state index contributed by atoms with van der Waals surface area (Å²) in [7, 11) is 0. The Morgan fingerprint density at radius 3 is 2.60 bits per heavy atom. The standard InChI is InChI=1S/C9H5N/c1-2-3-4-9-5-7-10-8-6-9/h1,5-8H. The van der Waals surface area contributed by atoms with Crippen molar-refractivity contribution in [1.29, 1.82) is 0 Å². The monoisotopic (exact) mass is 127 g/mol. The van der Waals surface area contributed by atoms with Crippen LogP contribution < -0.4 is 0 Å². The SMILES string of the molecule is C#CC#Cc1ccncc1. The zero-order valence-corrected chi connectivity index (χ0v) is 5.33. The summed E-state index contributed by atoms with van der Waals surface area (Å²) in [6, 6.07) is 3.62. The number of hydrogen-bond acceptors (Lipinski definition) is 1. The Morgan fingerprint density at radius 2 is 2.00 bits per heavy atom. The van der Waals surface area contributed by atoms with Crippen molar-refractivity contribution in [2.75, 3.05) is 0 Å². The van der Waals surface area contributed by atoms with Crippen molar-refractivity contribution in [1.82, 2.24) is 4.98 Å². The van der Waals surface area contributed by atoms with Crippen LogP contribution in [0.1, 0.15) is 5.56 Å². The molecule has 0 amide bonds. The molecule has 0 unspecified atom stereocenters. The van der Waals surface area contributed by atoms with Crippen LogP contribution in [0.3, 0.4) is 0 Å². The lowest BCUT2D eigenvalue weighted by Crippen LogP contribution is -1.72. The number of terminal acetylenes is 1. The quantitative estimate of drug-likeness (QED) is 0.475. The minimum atomic E-state index is 0.896. The van der Waals surface area contributed by atoms with E-state index in [2.05, 4.69) is 22.7 Å². The molecule has 0 saturated heterocycles. The summed E-state index contributed by atoms with van der Waals surface area (Å²) in [5, 5.41) is 0. The molecule has 0 N–H and O–H groups in total. The van der Waals surface area contributed by atoms with E-state index in [4.69, 9.17) is 6.42 Å². The van der Waals surface area contributed by atoms with Crippen molar-refractivity contribution in [3.63, 3.8) is 0 Å². The van der Waals surface area contributed by atoms with E-state index in [1.54, 1.807) is 12.4 Å². The normalized spacial score (nSPS) is 7.10. The lowest BCUT2D eigenvalue weighted by Gasteiger charge is -1.82. The van der Waals surface area contributed by atoms with Gasteiger partial charge in [-0.2, -0.15) is 0 Å². The summed E-state index contributed by atoms with van der Waals surface area (Å²) in [5.41, 5.74) is 0.896. The van der Waals surface area contributed by atoms with Crippen molar-refractivity contribution < 1.29 is 0 Å². The zero-order valence-electron chi connectivity index (χ0n) is 5.33. The van der Waals surface area contributed by atoms with Crippen LogP contribution in [-0.2, 0) is 0 Å². The van der Waals surface area contributed by atoms with Gasteiger partial charge >= 0.3 is 0 Å². The second kappa shape index (κ2) is 3.33. The minimum absolute atomic E-state index is 0.896. The molecule has 0 fully saturated rings. The Kier molecular flexibility index (Phi) is 2.13. The van der Waals surface area contributed by atoms with E-state index in [1.807, 2.05) is 12.1 Å². The molecule has 1 heteroatoms. The first-order chi connectivity index (χ1) is 4.93. The number of hydrogen-bond donors (Lipinski definition) is 0. The van der Waals surface area contributed by atoms with Crippen LogP contribution >= 0.6 is 0 Å². The number of rotatable bonds is 0. The van der Waals surface area contributed by atoms with Gasteiger partial charge in [-0.3, -0.25) is 4.98 Å². The first kappa shape index (κ1) is 6.39. The largest absolute Gasteiger partial charge is 0.265 e. The molecule has 0 bridgehead atoms.